The molecule has 3 nitrogen and oxygen atoms in total. The van der Waals surface area contributed by atoms with Gasteiger partial charge in [0.15, 0.2) is 0 Å². The van der Waals surface area contributed by atoms with Gasteiger partial charge in [-0.2, -0.15) is 0 Å². The Labute approximate surface area is 90.2 Å². The van der Waals surface area contributed by atoms with Crippen molar-refractivity contribution in [3.05, 3.63) is 42.5 Å². The smallest absolute Gasteiger partial charge is 0.247 e. The minimum absolute atomic E-state index is 0.182. The fraction of sp³-hybridized carbons (Fsp3) is 0.250. The van der Waals surface area contributed by atoms with E-state index in [-0.39, 0.29) is 5.91 Å². The van der Waals surface area contributed by atoms with Crippen molar-refractivity contribution < 1.29 is 4.79 Å². The highest BCUT2D eigenvalue weighted by atomic mass is 16.1. The number of amides is 1. The molecular formula is C12H16N2O. The average molecular weight is 204 g/mol. The van der Waals surface area contributed by atoms with Gasteiger partial charge in [-0.3, -0.25) is 4.79 Å². The lowest BCUT2D eigenvalue weighted by atomic mass is 10.1. The van der Waals surface area contributed by atoms with E-state index in [0.717, 1.165) is 24.3 Å². The van der Waals surface area contributed by atoms with Crippen molar-refractivity contribution in [3.8, 4) is 0 Å². The van der Waals surface area contributed by atoms with Crippen LogP contribution in [0.5, 0.6) is 0 Å². The van der Waals surface area contributed by atoms with E-state index in [1.54, 1.807) is 0 Å². The zero-order valence-corrected chi connectivity index (χ0v) is 8.92. The van der Waals surface area contributed by atoms with Gasteiger partial charge in [-0.15, -0.1) is 0 Å². The SMILES string of the molecule is C=CC(=O)Nc1ccccc1CNCC. The maximum atomic E-state index is 11.2. The number of hydrogen-bond donors (Lipinski definition) is 2. The summed E-state index contributed by atoms with van der Waals surface area (Å²) in [7, 11) is 0. The van der Waals surface area contributed by atoms with Crippen molar-refractivity contribution in [2.45, 2.75) is 13.5 Å². The van der Waals surface area contributed by atoms with Crippen molar-refractivity contribution >= 4 is 11.6 Å². The molecule has 0 aromatic heterocycles. The quantitative estimate of drug-likeness (QED) is 0.719. The van der Waals surface area contributed by atoms with Crippen LogP contribution in [0.1, 0.15) is 12.5 Å². The molecule has 1 aromatic rings. The Balaban J connectivity index is 2.76. The third-order valence-electron chi connectivity index (χ3n) is 2.03. The zero-order valence-electron chi connectivity index (χ0n) is 8.92. The third kappa shape index (κ3) is 3.56. The highest BCUT2D eigenvalue weighted by molar-refractivity contribution is 5.99. The van der Waals surface area contributed by atoms with Crippen LogP contribution < -0.4 is 10.6 Å². The van der Waals surface area contributed by atoms with E-state index in [1.807, 2.05) is 31.2 Å². The number of carbonyl (C=O) groups excluding carboxylic acids is 1. The molecular weight excluding hydrogens is 188 g/mol. The van der Waals surface area contributed by atoms with E-state index in [1.165, 1.54) is 6.08 Å². The van der Waals surface area contributed by atoms with E-state index < -0.39 is 0 Å². The minimum atomic E-state index is -0.182. The van der Waals surface area contributed by atoms with Gasteiger partial charge in [-0.05, 0) is 24.3 Å². The Bertz CT molecular complexity index is 347. The fourth-order valence-electron chi connectivity index (χ4n) is 1.24. The van der Waals surface area contributed by atoms with Crippen LogP contribution in [-0.4, -0.2) is 12.5 Å². The topological polar surface area (TPSA) is 41.1 Å². The average Bonchev–Trinajstić information content (AvgIpc) is 2.28. The molecule has 0 unspecified atom stereocenters. The number of anilines is 1. The second-order valence-electron chi connectivity index (χ2n) is 3.13. The van der Waals surface area contributed by atoms with E-state index in [0.29, 0.717) is 0 Å². The summed E-state index contributed by atoms with van der Waals surface area (Å²) in [6.07, 6.45) is 1.27. The number of para-hydroxylation sites is 1. The predicted octanol–water partition coefficient (Wildman–Crippen LogP) is 1.92. The maximum absolute atomic E-state index is 11.2. The summed E-state index contributed by atoms with van der Waals surface area (Å²) < 4.78 is 0. The largest absolute Gasteiger partial charge is 0.322 e. The Morgan fingerprint density at radius 3 is 2.87 bits per heavy atom. The molecule has 0 aliphatic rings. The summed E-state index contributed by atoms with van der Waals surface area (Å²) in [5, 5.41) is 5.99. The van der Waals surface area contributed by atoms with Crippen molar-refractivity contribution in [1.29, 1.82) is 0 Å². The van der Waals surface area contributed by atoms with Crippen molar-refractivity contribution in [2.24, 2.45) is 0 Å². The molecule has 1 aromatic carbocycles. The molecule has 3 heteroatoms. The van der Waals surface area contributed by atoms with Crippen LogP contribution in [0.25, 0.3) is 0 Å². The van der Waals surface area contributed by atoms with E-state index >= 15 is 0 Å². The van der Waals surface area contributed by atoms with Crippen LogP contribution >= 0.6 is 0 Å². The van der Waals surface area contributed by atoms with E-state index in [4.69, 9.17) is 0 Å². The highest BCUT2D eigenvalue weighted by Crippen LogP contribution is 2.14. The molecule has 0 aliphatic heterocycles. The Morgan fingerprint density at radius 1 is 1.47 bits per heavy atom. The van der Waals surface area contributed by atoms with Crippen molar-refractivity contribution in [3.63, 3.8) is 0 Å². The molecule has 0 atom stereocenters. The molecule has 0 saturated carbocycles. The summed E-state index contributed by atoms with van der Waals surface area (Å²) in [6.45, 7) is 7.13. The van der Waals surface area contributed by atoms with Gasteiger partial charge in [-0.25, -0.2) is 0 Å². The molecule has 0 spiro atoms. The molecule has 0 bridgehead atoms. The summed E-state index contributed by atoms with van der Waals surface area (Å²) in [4.78, 5) is 11.2. The summed E-state index contributed by atoms with van der Waals surface area (Å²) in [5.41, 5.74) is 1.91. The molecule has 0 aliphatic carbocycles. The lowest BCUT2D eigenvalue weighted by Gasteiger charge is -2.09. The lowest BCUT2D eigenvalue weighted by Crippen LogP contribution is -2.15. The lowest BCUT2D eigenvalue weighted by molar-refractivity contribution is -0.111. The molecule has 2 N–H and O–H groups in total. The Morgan fingerprint density at radius 2 is 2.20 bits per heavy atom. The van der Waals surface area contributed by atoms with Gasteiger partial charge in [-0.1, -0.05) is 31.7 Å². The van der Waals surface area contributed by atoms with E-state index in [9.17, 15) is 4.79 Å². The van der Waals surface area contributed by atoms with Gasteiger partial charge in [0, 0.05) is 12.2 Å². The fourth-order valence-corrected chi connectivity index (χ4v) is 1.24. The standard InChI is InChI=1S/C12H16N2O/c1-3-12(15)14-11-8-6-5-7-10(11)9-13-4-2/h3,5-8,13H,1,4,9H2,2H3,(H,14,15). The first-order chi connectivity index (χ1) is 7.27. The molecule has 0 radical (unpaired) electrons. The predicted molar refractivity (Wildman–Crippen MR) is 62.6 cm³/mol. The third-order valence-corrected chi connectivity index (χ3v) is 2.03. The highest BCUT2D eigenvalue weighted by Gasteiger charge is 2.02. The Kier molecular flexibility index (Phi) is 4.57. The van der Waals surface area contributed by atoms with Crippen molar-refractivity contribution in [1.82, 2.24) is 5.32 Å². The number of rotatable bonds is 5. The first-order valence-electron chi connectivity index (χ1n) is 5.00. The number of nitrogens with one attached hydrogen (secondary N) is 2. The number of carbonyl (C=O) groups is 1. The summed E-state index contributed by atoms with van der Waals surface area (Å²) in [6, 6.07) is 7.72. The second-order valence-corrected chi connectivity index (χ2v) is 3.13. The van der Waals surface area contributed by atoms with Crippen LogP contribution in [-0.2, 0) is 11.3 Å². The molecule has 0 heterocycles. The monoisotopic (exact) mass is 204 g/mol. The van der Waals surface area contributed by atoms with Gasteiger partial charge in [0.05, 0.1) is 0 Å². The van der Waals surface area contributed by atoms with Crippen LogP contribution in [0.4, 0.5) is 5.69 Å². The summed E-state index contributed by atoms with van der Waals surface area (Å²) >= 11 is 0. The first kappa shape index (κ1) is 11.5. The number of benzene rings is 1. The second kappa shape index (κ2) is 5.98. The zero-order chi connectivity index (χ0) is 11.1. The van der Waals surface area contributed by atoms with Crippen LogP contribution in [0.2, 0.25) is 0 Å². The van der Waals surface area contributed by atoms with Gasteiger partial charge in [0.1, 0.15) is 0 Å². The summed E-state index contributed by atoms with van der Waals surface area (Å²) in [5.74, 6) is -0.182. The van der Waals surface area contributed by atoms with Gasteiger partial charge in [0.25, 0.3) is 0 Å². The molecule has 15 heavy (non-hydrogen) atoms. The van der Waals surface area contributed by atoms with Crippen molar-refractivity contribution in [2.75, 3.05) is 11.9 Å². The normalized spacial score (nSPS) is 9.67. The van der Waals surface area contributed by atoms with Gasteiger partial charge < -0.3 is 10.6 Å². The van der Waals surface area contributed by atoms with E-state index in [2.05, 4.69) is 17.2 Å². The van der Waals surface area contributed by atoms with Crippen LogP contribution in [0.15, 0.2) is 36.9 Å². The minimum Gasteiger partial charge on any atom is -0.322 e. The number of hydrogen-bond acceptors (Lipinski definition) is 2. The molecule has 1 amide bonds. The van der Waals surface area contributed by atoms with Gasteiger partial charge in [0.2, 0.25) is 5.91 Å². The van der Waals surface area contributed by atoms with Crippen LogP contribution in [0, 0.1) is 0 Å². The molecule has 0 fully saturated rings. The Hall–Kier alpha value is -1.61. The molecule has 1 rings (SSSR count). The molecule has 0 saturated heterocycles. The first-order valence-corrected chi connectivity index (χ1v) is 5.00. The van der Waals surface area contributed by atoms with Crippen LogP contribution in [0.3, 0.4) is 0 Å². The molecule has 80 valence electrons. The van der Waals surface area contributed by atoms with Gasteiger partial charge >= 0.3 is 0 Å². The maximum Gasteiger partial charge on any atom is 0.247 e.